The quantitative estimate of drug-likeness (QED) is 0.487. The number of nitrogens with zero attached hydrogens (tertiary/aromatic N) is 1. The van der Waals surface area contributed by atoms with Crippen molar-refractivity contribution in [3.05, 3.63) is 59.7 Å². The minimum atomic E-state index is -0.928. The summed E-state index contributed by atoms with van der Waals surface area (Å²) >= 11 is 0. The lowest BCUT2D eigenvalue weighted by atomic mass is 10.1. The number of aliphatic hydroxyl groups is 1. The van der Waals surface area contributed by atoms with Crippen LogP contribution in [0.1, 0.15) is 44.1 Å². The monoisotopic (exact) mass is 445 g/mol. The Bertz CT molecular complexity index is 888. The van der Waals surface area contributed by atoms with Crippen LogP contribution in [0.4, 0.5) is 4.79 Å². The second-order valence-corrected chi connectivity index (χ2v) is 8.26. The van der Waals surface area contributed by atoms with Crippen molar-refractivity contribution in [1.29, 1.82) is 0 Å². The summed E-state index contributed by atoms with van der Waals surface area (Å²) < 4.78 is 21.1. The van der Waals surface area contributed by atoms with Crippen LogP contribution in [-0.2, 0) is 14.3 Å². The fourth-order valence-corrected chi connectivity index (χ4v) is 2.85. The van der Waals surface area contributed by atoms with Gasteiger partial charge >= 0.3 is 12.1 Å². The maximum atomic E-state index is 12.6. The molecule has 0 fully saturated rings. The van der Waals surface area contributed by atoms with Crippen LogP contribution < -0.4 is 9.47 Å². The lowest BCUT2D eigenvalue weighted by Gasteiger charge is -2.26. The fourth-order valence-electron chi connectivity index (χ4n) is 2.85. The van der Waals surface area contributed by atoms with Crippen LogP contribution in [0.5, 0.6) is 11.5 Å². The van der Waals surface area contributed by atoms with Gasteiger partial charge in [-0.3, -0.25) is 0 Å². The van der Waals surface area contributed by atoms with E-state index in [-0.39, 0.29) is 6.54 Å². The Kier molecular flexibility index (Phi) is 8.63. The summed E-state index contributed by atoms with van der Waals surface area (Å²) in [6, 6.07) is 13.3. The van der Waals surface area contributed by atoms with Gasteiger partial charge in [-0.15, -0.1) is 0 Å². The number of amides is 1. The van der Waals surface area contributed by atoms with Gasteiger partial charge in [0, 0.05) is 14.2 Å². The Balaban J connectivity index is 1.98. The van der Waals surface area contributed by atoms with Crippen LogP contribution in [0.15, 0.2) is 48.5 Å². The van der Waals surface area contributed by atoms with Crippen LogP contribution >= 0.6 is 0 Å². The Morgan fingerprint density at radius 2 is 1.47 bits per heavy atom. The van der Waals surface area contributed by atoms with E-state index in [1.165, 1.54) is 12.0 Å². The number of benzene rings is 2. The molecule has 174 valence electrons. The Labute approximate surface area is 188 Å². The molecule has 2 aromatic carbocycles. The molecule has 0 radical (unpaired) electrons. The first-order valence-electron chi connectivity index (χ1n) is 10.1. The molecule has 0 heterocycles. The van der Waals surface area contributed by atoms with Gasteiger partial charge in [-0.05, 0) is 56.2 Å². The summed E-state index contributed by atoms with van der Waals surface area (Å²) in [5.41, 5.74) is 0.586. The van der Waals surface area contributed by atoms with Crippen LogP contribution in [0, 0.1) is 0 Å². The second-order valence-electron chi connectivity index (χ2n) is 8.26. The molecule has 0 saturated carbocycles. The predicted octanol–water partition coefficient (Wildman–Crippen LogP) is 3.89. The molecule has 1 N–H and O–H groups in total. The largest absolute Gasteiger partial charge is 0.497 e. The van der Waals surface area contributed by atoms with E-state index >= 15 is 0 Å². The highest BCUT2D eigenvalue weighted by Crippen LogP contribution is 2.24. The fraction of sp³-hybridized carbons (Fsp3) is 0.417. The molecule has 0 saturated heterocycles. The molecule has 0 aliphatic heterocycles. The third-order valence-corrected chi connectivity index (χ3v) is 4.50. The second kappa shape index (κ2) is 11.0. The molecular weight excluding hydrogens is 414 g/mol. The lowest BCUT2D eigenvalue weighted by molar-refractivity contribution is -0.146. The van der Waals surface area contributed by atoms with Crippen LogP contribution in [0.25, 0.3) is 0 Å². The summed E-state index contributed by atoms with van der Waals surface area (Å²) in [5, 5.41) is 10.4. The number of rotatable bonds is 8. The van der Waals surface area contributed by atoms with E-state index in [9.17, 15) is 14.7 Å². The molecule has 2 rings (SSSR count). The zero-order valence-electron chi connectivity index (χ0n) is 19.3. The number of likely N-dealkylation sites (N-methyl/N-ethyl adjacent to an activating group) is 1. The molecule has 1 amide bonds. The van der Waals surface area contributed by atoms with Gasteiger partial charge in [-0.25, -0.2) is 9.59 Å². The Hall–Kier alpha value is -3.10. The minimum absolute atomic E-state index is 0.0528. The van der Waals surface area contributed by atoms with E-state index in [0.29, 0.717) is 22.6 Å². The number of hydrogen-bond donors (Lipinski definition) is 1. The first-order valence-corrected chi connectivity index (χ1v) is 10.1. The molecule has 2 unspecified atom stereocenters. The number of aliphatic hydroxyl groups excluding tert-OH is 1. The number of carbonyl (C=O) groups is 2. The van der Waals surface area contributed by atoms with Crippen molar-refractivity contribution < 1.29 is 33.6 Å². The number of hydrogen-bond acceptors (Lipinski definition) is 7. The maximum Gasteiger partial charge on any atom is 0.410 e. The van der Waals surface area contributed by atoms with Crippen LogP contribution in [-0.4, -0.2) is 55.5 Å². The molecule has 0 aliphatic rings. The van der Waals surface area contributed by atoms with Gasteiger partial charge in [-0.1, -0.05) is 24.3 Å². The predicted molar refractivity (Wildman–Crippen MR) is 119 cm³/mol. The van der Waals surface area contributed by atoms with Gasteiger partial charge in [0.2, 0.25) is 0 Å². The molecule has 0 spiro atoms. The van der Waals surface area contributed by atoms with Crippen LogP contribution in [0.3, 0.4) is 0 Å². The molecule has 2 aromatic rings. The van der Waals surface area contributed by atoms with Gasteiger partial charge in [0.25, 0.3) is 0 Å². The number of ether oxygens (including phenoxy) is 4. The van der Waals surface area contributed by atoms with Gasteiger partial charge in [-0.2, -0.15) is 0 Å². The van der Waals surface area contributed by atoms with E-state index in [1.54, 1.807) is 83.5 Å². The molecule has 0 bridgehead atoms. The molecule has 8 nitrogen and oxygen atoms in total. The summed E-state index contributed by atoms with van der Waals surface area (Å²) in [6.07, 6.45) is -2.34. The highest BCUT2D eigenvalue weighted by Gasteiger charge is 2.24. The van der Waals surface area contributed by atoms with Crippen LogP contribution in [0.2, 0.25) is 0 Å². The Morgan fingerprint density at radius 1 is 0.938 bits per heavy atom. The first-order chi connectivity index (χ1) is 15.0. The van der Waals surface area contributed by atoms with Crippen molar-refractivity contribution in [1.82, 2.24) is 4.90 Å². The molecular formula is C24H31NO7. The molecule has 0 aromatic heterocycles. The van der Waals surface area contributed by atoms with Crippen molar-refractivity contribution >= 4 is 12.1 Å². The molecule has 8 heteroatoms. The van der Waals surface area contributed by atoms with Crippen molar-refractivity contribution in [2.45, 2.75) is 38.6 Å². The highest BCUT2D eigenvalue weighted by molar-refractivity contribution is 5.79. The molecule has 2 atom stereocenters. The van der Waals surface area contributed by atoms with Crippen molar-refractivity contribution in [3.8, 4) is 11.5 Å². The third kappa shape index (κ3) is 7.25. The average Bonchev–Trinajstić information content (AvgIpc) is 2.74. The smallest absolute Gasteiger partial charge is 0.410 e. The number of carbonyl (C=O) groups excluding carboxylic acids is 2. The lowest BCUT2D eigenvalue weighted by Crippen LogP contribution is -2.36. The van der Waals surface area contributed by atoms with E-state index < -0.39 is 29.9 Å². The van der Waals surface area contributed by atoms with E-state index in [1.807, 2.05) is 0 Å². The number of methoxy groups -OCH3 is 2. The third-order valence-electron chi connectivity index (χ3n) is 4.50. The standard InChI is InChI=1S/C24H31NO7/c1-24(2,3)32-23(28)25(4)15-20(26)16-7-13-19(14-8-16)31-22(27)21(30-6)17-9-11-18(29-5)12-10-17/h7-14,20-21,26H,15H2,1-6H3. The summed E-state index contributed by atoms with van der Waals surface area (Å²) in [6.45, 7) is 5.38. The SMILES string of the molecule is COc1ccc(C(OC)C(=O)Oc2ccc(C(O)CN(C)C(=O)OC(C)(C)C)cc2)cc1. The molecule has 32 heavy (non-hydrogen) atoms. The van der Waals surface area contributed by atoms with E-state index in [0.717, 1.165) is 0 Å². The van der Waals surface area contributed by atoms with Gasteiger partial charge in [0.05, 0.1) is 19.8 Å². The van der Waals surface area contributed by atoms with Crippen molar-refractivity contribution in [2.24, 2.45) is 0 Å². The first kappa shape index (κ1) is 25.2. The topological polar surface area (TPSA) is 94.5 Å². The molecule has 0 aliphatic carbocycles. The normalized spacial score (nSPS) is 13.1. The minimum Gasteiger partial charge on any atom is -0.497 e. The number of esters is 1. The van der Waals surface area contributed by atoms with Gasteiger partial charge in [0.15, 0.2) is 6.10 Å². The van der Waals surface area contributed by atoms with Crippen molar-refractivity contribution in [2.75, 3.05) is 27.8 Å². The van der Waals surface area contributed by atoms with E-state index in [4.69, 9.17) is 18.9 Å². The summed E-state index contributed by atoms with van der Waals surface area (Å²) in [4.78, 5) is 25.9. The van der Waals surface area contributed by atoms with Gasteiger partial charge < -0.3 is 29.0 Å². The summed E-state index contributed by atoms with van der Waals surface area (Å²) in [7, 11) is 4.54. The zero-order valence-corrected chi connectivity index (χ0v) is 19.3. The zero-order chi connectivity index (χ0) is 23.9. The van der Waals surface area contributed by atoms with Crippen molar-refractivity contribution in [3.63, 3.8) is 0 Å². The average molecular weight is 446 g/mol. The van der Waals surface area contributed by atoms with E-state index in [2.05, 4.69) is 0 Å². The van der Waals surface area contributed by atoms with Gasteiger partial charge in [0.1, 0.15) is 17.1 Å². The highest BCUT2D eigenvalue weighted by atomic mass is 16.6. The Morgan fingerprint density at radius 3 is 1.97 bits per heavy atom. The maximum absolute atomic E-state index is 12.6. The summed E-state index contributed by atoms with van der Waals surface area (Å²) in [5.74, 6) is 0.404.